The van der Waals surface area contributed by atoms with E-state index in [4.69, 9.17) is 9.47 Å². The van der Waals surface area contributed by atoms with Crippen LogP contribution in [0.5, 0.6) is 5.75 Å². The van der Waals surface area contributed by atoms with Crippen molar-refractivity contribution in [3.63, 3.8) is 0 Å². The third-order valence-corrected chi connectivity index (χ3v) is 6.27. The second-order valence-electron chi connectivity index (χ2n) is 5.91. The number of halogens is 2. The number of carbonyl (C=O) groups is 2. The van der Waals surface area contributed by atoms with E-state index < -0.39 is 0 Å². The molecule has 1 aliphatic heterocycles. The molecule has 0 saturated carbocycles. The van der Waals surface area contributed by atoms with E-state index in [1.54, 1.807) is 13.2 Å². The van der Waals surface area contributed by atoms with Gasteiger partial charge >= 0.3 is 0 Å². The summed E-state index contributed by atoms with van der Waals surface area (Å²) in [6.45, 7) is 0.991. The van der Waals surface area contributed by atoms with Crippen molar-refractivity contribution in [2.75, 3.05) is 20.3 Å². The zero-order valence-electron chi connectivity index (χ0n) is 15.0. The van der Waals surface area contributed by atoms with Gasteiger partial charge in [-0.1, -0.05) is 30.3 Å². The van der Waals surface area contributed by atoms with E-state index in [9.17, 15) is 9.59 Å². The molecule has 1 aliphatic rings. The van der Waals surface area contributed by atoms with E-state index in [2.05, 4.69) is 45.2 Å². The summed E-state index contributed by atoms with van der Waals surface area (Å²) in [4.78, 5) is 26.4. The summed E-state index contributed by atoms with van der Waals surface area (Å²) < 4.78 is 13.0. The Hall–Kier alpha value is -1.11. The molecule has 28 heavy (non-hydrogen) atoms. The molecule has 2 aromatic carbocycles. The molecule has 3 rings (SSSR count). The molecular formula is C20H17I2NO4S. The minimum absolute atomic E-state index is 0.250. The van der Waals surface area contributed by atoms with Crippen molar-refractivity contribution in [3.8, 4) is 5.75 Å². The Labute approximate surface area is 195 Å². The largest absolute Gasteiger partial charge is 0.487 e. The predicted molar refractivity (Wildman–Crippen MR) is 127 cm³/mol. The van der Waals surface area contributed by atoms with E-state index in [0.29, 0.717) is 23.9 Å². The Kier molecular flexibility index (Phi) is 7.77. The molecule has 0 atom stereocenters. The lowest BCUT2D eigenvalue weighted by atomic mass is 10.1. The standard InChI is InChI=1S/C20H17I2NO4S/c1-26-8-7-23-19(24)17(28-20(23)25)10-14-9-15(21)11-16(22)18(14)27-12-13-5-3-2-4-6-13/h2-6,9-11H,7-8,12H2,1H3/b17-10+. The molecule has 0 bridgehead atoms. The second kappa shape index (κ2) is 10.1. The van der Waals surface area contributed by atoms with Gasteiger partial charge in [0.05, 0.1) is 21.6 Å². The molecule has 0 aromatic heterocycles. The summed E-state index contributed by atoms with van der Waals surface area (Å²) in [5, 5.41) is -0.277. The van der Waals surface area contributed by atoms with Crippen LogP contribution in [0.3, 0.4) is 0 Å². The Bertz CT molecular complexity index is 918. The van der Waals surface area contributed by atoms with Gasteiger partial charge in [-0.25, -0.2) is 0 Å². The maximum atomic E-state index is 12.6. The first-order valence-electron chi connectivity index (χ1n) is 8.39. The number of rotatable bonds is 7. The normalized spacial score (nSPS) is 15.5. The molecule has 2 amide bonds. The number of thioether (sulfide) groups is 1. The highest BCUT2D eigenvalue weighted by Crippen LogP contribution is 2.36. The lowest BCUT2D eigenvalue weighted by Crippen LogP contribution is -2.31. The molecule has 5 nitrogen and oxygen atoms in total. The van der Waals surface area contributed by atoms with E-state index >= 15 is 0 Å². The number of carbonyl (C=O) groups excluding carboxylic acids is 2. The van der Waals surface area contributed by atoms with E-state index in [1.807, 2.05) is 42.5 Å². The molecule has 1 heterocycles. The highest BCUT2D eigenvalue weighted by molar-refractivity contribution is 14.1. The van der Waals surface area contributed by atoms with Crippen LogP contribution in [0.4, 0.5) is 4.79 Å². The number of hydrogen-bond donors (Lipinski definition) is 0. The molecule has 0 N–H and O–H groups in total. The Morgan fingerprint density at radius 2 is 1.89 bits per heavy atom. The first-order chi connectivity index (χ1) is 13.5. The van der Waals surface area contributed by atoms with Crippen LogP contribution in [-0.4, -0.2) is 36.3 Å². The fourth-order valence-corrected chi connectivity index (χ4v) is 5.49. The van der Waals surface area contributed by atoms with Gasteiger partial charge in [-0.05, 0) is 80.7 Å². The van der Waals surface area contributed by atoms with Gasteiger partial charge in [0.15, 0.2) is 0 Å². The van der Waals surface area contributed by atoms with Crippen LogP contribution in [0.1, 0.15) is 11.1 Å². The first kappa shape index (κ1) is 21.6. The molecule has 0 aliphatic carbocycles. The van der Waals surface area contributed by atoms with Gasteiger partial charge in [0, 0.05) is 16.2 Å². The molecule has 0 spiro atoms. The Morgan fingerprint density at radius 1 is 1.14 bits per heavy atom. The zero-order valence-corrected chi connectivity index (χ0v) is 20.1. The lowest BCUT2D eigenvalue weighted by Gasteiger charge is -2.13. The SMILES string of the molecule is COCCN1C(=O)S/C(=C/c2cc(I)cc(I)c2OCc2ccccc2)C1=O. The quantitative estimate of drug-likeness (QED) is 0.316. The molecule has 146 valence electrons. The van der Waals surface area contributed by atoms with Crippen molar-refractivity contribution in [3.05, 3.63) is 65.6 Å². The average molecular weight is 621 g/mol. The van der Waals surface area contributed by atoms with Crippen LogP contribution in [-0.2, 0) is 16.1 Å². The van der Waals surface area contributed by atoms with Gasteiger partial charge in [-0.2, -0.15) is 0 Å². The van der Waals surface area contributed by atoms with E-state index in [-0.39, 0.29) is 17.7 Å². The molecule has 1 fully saturated rings. The van der Waals surface area contributed by atoms with Crippen molar-refractivity contribution < 1.29 is 19.1 Å². The number of benzene rings is 2. The molecular weight excluding hydrogens is 604 g/mol. The van der Waals surface area contributed by atoms with E-state index in [1.165, 1.54) is 4.90 Å². The number of imide groups is 1. The van der Waals surface area contributed by atoms with Gasteiger partial charge in [0.1, 0.15) is 12.4 Å². The number of ether oxygens (including phenoxy) is 2. The number of hydrogen-bond acceptors (Lipinski definition) is 5. The molecule has 2 aromatic rings. The number of amides is 2. The van der Waals surface area contributed by atoms with Gasteiger partial charge in [0.25, 0.3) is 11.1 Å². The maximum Gasteiger partial charge on any atom is 0.293 e. The number of methoxy groups -OCH3 is 1. The smallest absolute Gasteiger partial charge is 0.293 e. The highest BCUT2D eigenvalue weighted by Gasteiger charge is 2.34. The molecule has 0 radical (unpaired) electrons. The third-order valence-electron chi connectivity index (χ3n) is 3.94. The minimum atomic E-state index is -0.296. The maximum absolute atomic E-state index is 12.6. The summed E-state index contributed by atoms with van der Waals surface area (Å²) in [6.07, 6.45) is 1.74. The fraction of sp³-hybridized carbons (Fsp3) is 0.200. The van der Waals surface area contributed by atoms with Crippen molar-refractivity contribution >= 4 is 74.2 Å². The molecule has 1 saturated heterocycles. The van der Waals surface area contributed by atoms with Crippen molar-refractivity contribution in [2.45, 2.75) is 6.61 Å². The van der Waals surface area contributed by atoms with Crippen molar-refractivity contribution in [1.82, 2.24) is 4.90 Å². The molecule has 8 heteroatoms. The van der Waals surface area contributed by atoms with Gasteiger partial charge in [-0.15, -0.1) is 0 Å². The highest BCUT2D eigenvalue weighted by atomic mass is 127. The van der Waals surface area contributed by atoms with Gasteiger partial charge < -0.3 is 9.47 Å². The summed E-state index contributed by atoms with van der Waals surface area (Å²) in [5.41, 5.74) is 1.84. The van der Waals surface area contributed by atoms with Crippen LogP contribution < -0.4 is 4.74 Å². The van der Waals surface area contributed by atoms with Crippen LogP contribution in [0, 0.1) is 7.14 Å². The van der Waals surface area contributed by atoms with Crippen LogP contribution in [0.15, 0.2) is 47.4 Å². The van der Waals surface area contributed by atoms with Crippen molar-refractivity contribution in [2.24, 2.45) is 0 Å². The third kappa shape index (κ3) is 5.28. The summed E-state index contributed by atoms with van der Waals surface area (Å²) in [6, 6.07) is 13.9. The van der Waals surface area contributed by atoms with Crippen LogP contribution in [0.2, 0.25) is 0 Å². The summed E-state index contributed by atoms with van der Waals surface area (Å²) in [7, 11) is 1.54. The average Bonchev–Trinajstić information content (AvgIpc) is 2.93. The monoisotopic (exact) mass is 621 g/mol. The minimum Gasteiger partial charge on any atom is -0.487 e. The Balaban J connectivity index is 1.88. The summed E-state index contributed by atoms with van der Waals surface area (Å²) >= 11 is 5.40. The summed E-state index contributed by atoms with van der Waals surface area (Å²) in [5.74, 6) is 0.406. The second-order valence-corrected chi connectivity index (χ2v) is 9.31. The van der Waals surface area contributed by atoms with Gasteiger partial charge in [-0.3, -0.25) is 14.5 Å². The fourth-order valence-electron chi connectivity index (χ4n) is 2.59. The topological polar surface area (TPSA) is 55.8 Å². The first-order valence-corrected chi connectivity index (χ1v) is 11.4. The molecule has 0 unspecified atom stereocenters. The zero-order chi connectivity index (χ0) is 20.1. The van der Waals surface area contributed by atoms with Crippen molar-refractivity contribution in [1.29, 1.82) is 0 Å². The predicted octanol–water partition coefficient (Wildman–Crippen LogP) is 5.16. The van der Waals surface area contributed by atoms with Gasteiger partial charge in [0.2, 0.25) is 0 Å². The lowest BCUT2D eigenvalue weighted by molar-refractivity contribution is -0.123. The van der Waals surface area contributed by atoms with Crippen LogP contribution >= 0.6 is 56.9 Å². The van der Waals surface area contributed by atoms with E-state index in [0.717, 1.165) is 30.0 Å². The van der Waals surface area contributed by atoms with Crippen LogP contribution in [0.25, 0.3) is 6.08 Å². The Morgan fingerprint density at radius 3 is 2.61 bits per heavy atom. The number of nitrogens with zero attached hydrogens (tertiary/aromatic N) is 1.